The third kappa shape index (κ3) is 2.34. The molecular formula is C16H16ClN3O2. The number of fused-ring (bicyclic) bond motifs is 2. The standard InChI is InChI=1S/C16H16ClN3O2/c1-2-22-15(21)20-13-3-4-14(20)7-16(6-13,10-18)11-5-12(17)9-19-8-11/h3-5,8-9,13-14H,2,6-7H2,1H3. The van der Waals surface area contributed by atoms with Crippen molar-refractivity contribution in [2.75, 3.05) is 6.61 Å². The molecule has 2 aliphatic rings. The van der Waals surface area contributed by atoms with E-state index in [0.717, 1.165) is 5.56 Å². The highest BCUT2D eigenvalue weighted by molar-refractivity contribution is 6.30. The molecule has 1 aromatic heterocycles. The van der Waals surface area contributed by atoms with Crippen molar-refractivity contribution < 1.29 is 9.53 Å². The average molecular weight is 318 g/mol. The number of hydrogen-bond donors (Lipinski definition) is 0. The molecular weight excluding hydrogens is 302 g/mol. The van der Waals surface area contributed by atoms with Gasteiger partial charge in [-0.2, -0.15) is 5.26 Å². The average Bonchev–Trinajstić information content (AvgIpc) is 2.79. The zero-order valence-electron chi connectivity index (χ0n) is 12.2. The number of aromatic nitrogens is 1. The van der Waals surface area contributed by atoms with Crippen molar-refractivity contribution in [2.24, 2.45) is 0 Å². The van der Waals surface area contributed by atoms with Gasteiger partial charge in [0.25, 0.3) is 0 Å². The molecule has 0 saturated carbocycles. The van der Waals surface area contributed by atoms with Crippen LogP contribution < -0.4 is 0 Å². The van der Waals surface area contributed by atoms with Crippen LogP contribution in [-0.4, -0.2) is 34.7 Å². The second kappa shape index (κ2) is 5.62. The van der Waals surface area contributed by atoms with Crippen molar-refractivity contribution in [3.8, 4) is 6.07 Å². The number of nitriles is 1. The number of carbonyl (C=O) groups excluding carboxylic acids is 1. The number of piperidine rings is 1. The summed E-state index contributed by atoms with van der Waals surface area (Å²) in [4.78, 5) is 17.9. The van der Waals surface area contributed by atoms with Gasteiger partial charge in [-0.1, -0.05) is 23.8 Å². The van der Waals surface area contributed by atoms with Gasteiger partial charge in [0.05, 0.1) is 35.2 Å². The zero-order valence-corrected chi connectivity index (χ0v) is 13.0. The van der Waals surface area contributed by atoms with Crippen LogP contribution in [-0.2, 0) is 10.2 Å². The van der Waals surface area contributed by atoms with Crippen molar-refractivity contribution in [1.82, 2.24) is 9.88 Å². The number of rotatable bonds is 2. The highest BCUT2D eigenvalue weighted by atomic mass is 35.5. The molecule has 0 radical (unpaired) electrons. The van der Waals surface area contributed by atoms with Gasteiger partial charge in [0, 0.05) is 12.4 Å². The lowest BCUT2D eigenvalue weighted by molar-refractivity contribution is 0.0672. The van der Waals surface area contributed by atoms with Gasteiger partial charge in [-0.05, 0) is 31.4 Å². The van der Waals surface area contributed by atoms with Crippen LogP contribution in [0.5, 0.6) is 0 Å². The van der Waals surface area contributed by atoms with Gasteiger partial charge in [0.2, 0.25) is 0 Å². The maximum Gasteiger partial charge on any atom is 0.410 e. The minimum Gasteiger partial charge on any atom is -0.450 e. The molecule has 1 amide bonds. The van der Waals surface area contributed by atoms with E-state index < -0.39 is 5.41 Å². The molecule has 2 bridgehead atoms. The number of carbonyl (C=O) groups is 1. The molecule has 5 nitrogen and oxygen atoms in total. The van der Waals surface area contributed by atoms with Crippen LogP contribution in [0, 0.1) is 11.3 Å². The SMILES string of the molecule is CCOC(=O)N1C2C=CC1CC(C#N)(c1cncc(Cl)c1)C2. The van der Waals surface area contributed by atoms with Crippen molar-refractivity contribution in [3.05, 3.63) is 41.2 Å². The second-order valence-electron chi connectivity index (χ2n) is 5.62. The molecule has 0 N–H and O–H groups in total. The van der Waals surface area contributed by atoms with Crippen LogP contribution in [0.3, 0.4) is 0 Å². The van der Waals surface area contributed by atoms with Crippen molar-refractivity contribution >= 4 is 17.7 Å². The van der Waals surface area contributed by atoms with Crippen LogP contribution in [0.4, 0.5) is 4.79 Å². The van der Waals surface area contributed by atoms with E-state index in [2.05, 4.69) is 11.1 Å². The summed E-state index contributed by atoms with van der Waals surface area (Å²) in [6, 6.07) is 3.97. The first-order chi connectivity index (χ1) is 10.6. The Morgan fingerprint density at radius 3 is 2.73 bits per heavy atom. The Hall–Kier alpha value is -2.06. The third-order valence-electron chi connectivity index (χ3n) is 4.34. The van der Waals surface area contributed by atoms with Gasteiger partial charge in [-0.15, -0.1) is 0 Å². The Morgan fingerprint density at radius 2 is 2.18 bits per heavy atom. The summed E-state index contributed by atoms with van der Waals surface area (Å²) >= 11 is 6.02. The number of pyridine rings is 1. The van der Waals surface area contributed by atoms with Crippen molar-refractivity contribution in [2.45, 2.75) is 37.3 Å². The lowest BCUT2D eigenvalue weighted by Gasteiger charge is -2.42. The second-order valence-corrected chi connectivity index (χ2v) is 6.06. The van der Waals surface area contributed by atoms with Gasteiger partial charge >= 0.3 is 6.09 Å². The van der Waals surface area contributed by atoms with Gasteiger partial charge in [0.1, 0.15) is 0 Å². The summed E-state index contributed by atoms with van der Waals surface area (Å²) in [5.41, 5.74) is 0.129. The Kier molecular flexibility index (Phi) is 3.79. The number of hydrogen-bond acceptors (Lipinski definition) is 4. The fourth-order valence-corrected chi connectivity index (χ4v) is 3.53. The van der Waals surface area contributed by atoms with E-state index in [-0.39, 0.29) is 18.2 Å². The van der Waals surface area contributed by atoms with E-state index in [1.54, 1.807) is 30.3 Å². The van der Waals surface area contributed by atoms with Crippen LogP contribution in [0.1, 0.15) is 25.3 Å². The van der Waals surface area contributed by atoms with Crippen LogP contribution in [0.25, 0.3) is 0 Å². The molecule has 114 valence electrons. The van der Waals surface area contributed by atoms with Gasteiger partial charge in [-0.25, -0.2) is 4.79 Å². The Labute approximate surface area is 134 Å². The first-order valence-electron chi connectivity index (χ1n) is 7.25. The first kappa shape index (κ1) is 14.9. The van der Waals surface area contributed by atoms with Crippen molar-refractivity contribution in [3.63, 3.8) is 0 Å². The summed E-state index contributed by atoms with van der Waals surface area (Å²) in [6.07, 6.45) is 7.94. The highest BCUT2D eigenvalue weighted by Gasteiger charge is 2.49. The molecule has 2 unspecified atom stereocenters. The Balaban J connectivity index is 1.91. The summed E-state index contributed by atoms with van der Waals surface area (Å²) in [5.74, 6) is 0. The maximum absolute atomic E-state index is 12.1. The van der Waals surface area contributed by atoms with E-state index in [1.165, 1.54) is 0 Å². The molecule has 22 heavy (non-hydrogen) atoms. The smallest absolute Gasteiger partial charge is 0.410 e. The van der Waals surface area contributed by atoms with Gasteiger partial charge < -0.3 is 4.74 Å². The predicted molar refractivity (Wildman–Crippen MR) is 81.3 cm³/mol. The number of nitrogens with zero attached hydrogens (tertiary/aromatic N) is 3. The summed E-state index contributed by atoms with van der Waals surface area (Å²) in [5, 5.41) is 10.3. The minimum atomic E-state index is -0.681. The zero-order chi connectivity index (χ0) is 15.7. The van der Waals surface area contributed by atoms with E-state index in [9.17, 15) is 10.1 Å². The molecule has 0 spiro atoms. The lowest BCUT2D eigenvalue weighted by Crippen LogP contribution is -2.52. The molecule has 1 fully saturated rings. The monoisotopic (exact) mass is 317 g/mol. The number of ether oxygens (including phenoxy) is 1. The summed E-state index contributed by atoms with van der Waals surface area (Å²) < 4.78 is 5.12. The Bertz CT molecular complexity index is 652. The Morgan fingerprint density at radius 1 is 1.50 bits per heavy atom. The van der Waals surface area contributed by atoms with E-state index in [1.807, 2.05) is 12.2 Å². The molecule has 0 aromatic carbocycles. The minimum absolute atomic E-state index is 0.128. The van der Waals surface area contributed by atoms with Crippen LogP contribution in [0.2, 0.25) is 5.02 Å². The molecule has 2 atom stereocenters. The van der Waals surface area contributed by atoms with Gasteiger partial charge in [0.15, 0.2) is 0 Å². The number of amides is 1. The van der Waals surface area contributed by atoms with E-state index >= 15 is 0 Å². The molecule has 2 aliphatic heterocycles. The molecule has 3 heterocycles. The maximum atomic E-state index is 12.1. The number of halogens is 1. The molecule has 0 aliphatic carbocycles. The topological polar surface area (TPSA) is 66.2 Å². The highest BCUT2D eigenvalue weighted by Crippen LogP contribution is 2.44. The fraction of sp³-hybridized carbons (Fsp3) is 0.438. The largest absolute Gasteiger partial charge is 0.450 e. The fourth-order valence-electron chi connectivity index (χ4n) is 3.35. The molecule has 1 aromatic rings. The van der Waals surface area contributed by atoms with Crippen molar-refractivity contribution in [1.29, 1.82) is 5.26 Å². The first-order valence-corrected chi connectivity index (χ1v) is 7.63. The summed E-state index contributed by atoms with van der Waals surface area (Å²) in [7, 11) is 0. The van der Waals surface area contributed by atoms with Crippen LogP contribution >= 0.6 is 11.6 Å². The van der Waals surface area contributed by atoms with E-state index in [4.69, 9.17) is 16.3 Å². The normalized spacial score (nSPS) is 29.2. The third-order valence-corrected chi connectivity index (χ3v) is 4.54. The molecule has 3 rings (SSSR count). The molecule has 6 heteroatoms. The summed E-state index contributed by atoms with van der Waals surface area (Å²) in [6.45, 7) is 2.13. The predicted octanol–water partition coefficient (Wildman–Crippen LogP) is 3.06. The molecule has 1 saturated heterocycles. The quantitative estimate of drug-likeness (QED) is 0.786. The van der Waals surface area contributed by atoms with Crippen LogP contribution in [0.15, 0.2) is 30.6 Å². The van der Waals surface area contributed by atoms with Gasteiger partial charge in [-0.3, -0.25) is 9.88 Å². The van der Waals surface area contributed by atoms with E-state index in [0.29, 0.717) is 24.5 Å². The lowest BCUT2D eigenvalue weighted by atomic mass is 9.71.